The topological polar surface area (TPSA) is 61.2 Å². The number of rotatable bonds is 5. The van der Waals surface area contributed by atoms with E-state index in [4.69, 9.17) is 0 Å². The van der Waals surface area contributed by atoms with Crippen molar-refractivity contribution in [3.63, 3.8) is 0 Å². The number of esters is 1. The van der Waals surface area contributed by atoms with Gasteiger partial charge in [0.25, 0.3) is 6.43 Å². The Bertz CT molecular complexity index is 429. The summed E-state index contributed by atoms with van der Waals surface area (Å²) >= 11 is 0. The van der Waals surface area contributed by atoms with Gasteiger partial charge in [-0.1, -0.05) is 0 Å². The van der Waals surface area contributed by atoms with Crippen molar-refractivity contribution in [2.75, 3.05) is 6.61 Å². The van der Waals surface area contributed by atoms with E-state index in [9.17, 15) is 18.4 Å². The van der Waals surface area contributed by atoms with Gasteiger partial charge in [0, 0.05) is 7.05 Å². The molecule has 5 nitrogen and oxygen atoms in total. The highest BCUT2D eigenvalue weighted by atomic mass is 19.3. The second-order valence-corrected chi connectivity index (χ2v) is 3.28. The zero-order valence-corrected chi connectivity index (χ0v) is 9.44. The van der Waals surface area contributed by atoms with E-state index in [1.165, 1.54) is 7.05 Å². The average molecular weight is 246 g/mol. The van der Waals surface area contributed by atoms with Gasteiger partial charge < -0.3 is 4.74 Å². The number of carbonyl (C=O) groups excluding carboxylic acids is 2. The molecule has 0 radical (unpaired) electrons. The van der Waals surface area contributed by atoms with Crippen molar-refractivity contribution in [3.8, 4) is 0 Å². The number of carbonyl (C=O) groups is 2. The second kappa shape index (κ2) is 5.51. The third-order valence-corrected chi connectivity index (χ3v) is 2.02. The molecule has 1 aromatic rings. The van der Waals surface area contributed by atoms with Crippen LogP contribution in [0.4, 0.5) is 8.78 Å². The van der Waals surface area contributed by atoms with Crippen molar-refractivity contribution in [3.05, 3.63) is 17.5 Å². The first kappa shape index (κ1) is 13.3. The summed E-state index contributed by atoms with van der Waals surface area (Å²) in [5, 5.41) is 3.48. The Morgan fingerprint density at radius 1 is 1.53 bits per heavy atom. The van der Waals surface area contributed by atoms with E-state index in [0.29, 0.717) is 0 Å². The molecule has 94 valence electrons. The Morgan fingerprint density at radius 2 is 2.18 bits per heavy atom. The number of hydrogen-bond acceptors (Lipinski definition) is 4. The van der Waals surface area contributed by atoms with Crippen LogP contribution in [0.25, 0.3) is 0 Å². The SMILES string of the molecule is CCOC(=O)CC(=O)c1cc(C(F)F)nn1C. The van der Waals surface area contributed by atoms with Crippen LogP contribution in [0, 0.1) is 0 Å². The summed E-state index contributed by atoms with van der Waals surface area (Å²) in [7, 11) is 1.37. The van der Waals surface area contributed by atoms with E-state index >= 15 is 0 Å². The highest BCUT2D eigenvalue weighted by Crippen LogP contribution is 2.18. The van der Waals surface area contributed by atoms with E-state index in [2.05, 4.69) is 9.84 Å². The molecule has 0 aromatic carbocycles. The van der Waals surface area contributed by atoms with Crippen molar-refractivity contribution >= 4 is 11.8 Å². The normalized spacial score (nSPS) is 10.6. The molecule has 1 aromatic heterocycles. The predicted octanol–water partition coefficient (Wildman–Crippen LogP) is 1.49. The lowest BCUT2D eigenvalue weighted by Gasteiger charge is -2.01. The Balaban J connectivity index is 2.78. The number of aromatic nitrogens is 2. The highest BCUT2D eigenvalue weighted by molar-refractivity contribution is 6.05. The minimum atomic E-state index is -2.75. The van der Waals surface area contributed by atoms with Crippen LogP contribution in [-0.4, -0.2) is 28.1 Å². The zero-order chi connectivity index (χ0) is 13.0. The molecule has 0 N–H and O–H groups in total. The second-order valence-electron chi connectivity index (χ2n) is 3.28. The van der Waals surface area contributed by atoms with E-state index in [1.807, 2.05) is 0 Å². The highest BCUT2D eigenvalue weighted by Gasteiger charge is 2.20. The van der Waals surface area contributed by atoms with Crippen LogP contribution >= 0.6 is 0 Å². The van der Waals surface area contributed by atoms with Crippen molar-refractivity contribution in [1.29, 1.82) is 0 Å². The van der Waals surface area contributed by atoms with Crippen LogP contribution in [0.15, 0.2) is 6.07 Å². The molecule has 0 bridgehead atoms. The Labute approximate surface area is 96.4 Å². The average Bonchev–Trinajstić information content (AvgIpc) is 2.60. The van der Waals surface area contributed by atoms with Crippen molar-refractivity contribution in [1.82, 2.24) is 9.78 Å². The van der Waals surface area contributed by atoms with Gasteiger partial charge in [-0.2, -0.15) is 5.10 Å². The minimum Gasteiger partial charge on any atom is -0.466 e. The molecule has 0 aliphatic heterocycles. The molecule has 0 amide bonds. The number of halogens is 2. The number of alkyl halides is 2. The van der Waals surface area contributed by atoms with Gasteiger partial charge in [0.1, 0.15) is 17.8 Å². The van der Waals surface area contributed by atoms with Gasteiger partial charge in [-0.25, -0.2) is 8.78 Å². The summed E-state index contributed by atoms with van der Waals surface area (Å²) in [6.45, 7) is 1.78. The van der Waals surface area contributed by atoms with Gasteiger partial charge in [-0.3, -0.25) is 14.3 Å². The maximum absolute atomic E-state index is 12.3. The standard InChI is InChI=1S/C10H12F2N2O3/c1-3-17-9(16)5-8(15)7-4-6(10(11)12)13-14(7)2/h4,10H,3,5H2,1-2H3. The molecule has 0 fully saturated rings. The summed E-state index contributed by atoms with van der Waals surface area (Å²) < 4.78 is 30.3. The van der Waals surface area contributed by atoms with Gasteiger partial charge >= 0.3 is 5.97 Å². The molecule has 1 rings (SSSR count). The van der Waals surface area contributed by atoms with Crippen LogP contribution in [-0.2, 0) is 16.6 Å². The largest absolute Gasteiger partial charge is 0.466 e. The van der Waals surface area contributed by atoms with Gasteiger partial charge in [-0.05, 0) is 13.0 Å². The molecule has 0 unspecified atom stereocenters. The zero-order valence-electron chi connectivity index (χ0n) is 9.44. The minimum absolute atomic E-state index is 0.0339. The Morgan fingerprint density at radius 3 is 2.65 bits per heavy atom. The fourth-order valence-electron chi connectivity index (χ4n) is 1.29. The van der Waals surface area contributed by atoms with Crippen LogP contribution in [0.3, 0.4) is 0 Å². The molecule has 0 atom stereocenters. The van der Waals surface area contributed by atoms with Crippen LogP contribution in [0.5, 0.6) is 0 Å². The number of hydrogen-bond donors (Lipinski definition) is 0. The third-order valence-electron chi connectivity index (χ3n) is 2.02. The predicted molar refractivity (Wildman–Crippen MR) is 53.7 cm³/mol. The number of ether oxygens (including phenoxy) is 1. The maximum Gasteiger partial charge on any atom is 0.313 e. The molecule has 7 heteroatoms. The molecular formula is C10H12F2N2O3. The molecule has 1 heterocycles. The lowest BCUT2D eigenvalue weighted by Crippen LogP contribution is -2.14. The number of aryl methyl sites for hydroxylation is 1. The van der Waals surface area contributed by atoms with E-state index in [-0.39, 0.29) is 12.3 Å². The smallest absolute Gasteiger partial charge is 0.313 e. The molecular weight excluding hydrogens is 234 g/mol. The lowest BCUT2D eigenvalue weighted by molar-refractivity contribution is -0.141. The van der Waals surface area contributed by atoms with Gasteiger partial charge in [-0.15, -0.1) is 0 Å². The molecule has 0 saturated heterocycles. The first-order chi connectivity index (χ1) is 7.95. The van der Waals surface area contributed by atoms with Crippen molar-refractivity contribution < 1.29 is 23.1 Å². The summed E-state index contributed by atoms with van der Waals surface area (Å²) in [6.07, 6.45) is -3.22. The number of ketones is 1. The molecule has 0 spiro atoms. The van der Waals surface area contributed by atoms with Crippen molar-refractivity contribution in [2.24, 2.45) is 7.05 Å². The van der Waals surface area contributed by atoms with E-state index < -0.39 is 30.3 Å². The molecule has 17 heavy (non-hydrogen) atoms. The van der Waals surface area contributed by atoms with Gasteiger partial charge in [0.15, 0.2) is 5.78 Å². The first-order valence-electron chi connectivity index (χ1n) is 4.96. The van der Waals surface area contributed by atoms with Crippen molar-refractivity contribution in [2.45, 2.75) is 19.8 Å². The third kappa shape index (κ3) is 3.33. The van der Waals surface area contributed by atoms with Gasteiger partial charge in [0.05, 0.1) is 6.61 Å². The number of nitrogens with zero attached hydrogens (tertiary/aromatic N) is 2. The summed E-state index contributed by atoms with van der Waals surface area (Å²) in [5.41, 5.74) is -0.520. The first-order valence-corrected chi connectivity index (χ1v) is 4.96. The summed E-state index contributed by atoms with van der Waals surface area (Å²) in [6, 6.07) is 0.978. The molecule has 0 aliphatic rings. The summed E-state index contributed by atoms with van der Waals surface area (Å²) in [5.74, 6) is -1.28. The van der Waals surface area contributed by atoms with E-state index in [0.717, 1.165) is 10.7 Å². The fraction of sp³-hybridized carbons (Fsp3) is 0.500. The Hall–Kier alpha value is -1.79. The van der Waals surface area contributed by atoms with E-state index in [1.54, 1.807) is 6.92 Å². The fourth-order valence-corrected chi connectivity index (χ4v) is 1.29. The van der Waals surface area contributed by atoms with Crippen LogP contribution < -0.4 is 0 Å². The molecule has 0 aliphatic carbocycles. The van der Waals surface area contributed by atoms with Crippen LogP contribution in [0.1, 0.15) is 36.0 Å². The van der Waals surface area contributed by atoms with Gasteiger partial charge in [0.2, 0.25) is 0 Å². The van der Waals surface area contributed by atoms with Crippen LogP contribution in [0.2, 0.25) is 0 Å². The maximum atomic E-state index is 12.3. The number of Topliss-reactive ketones (excluding diaryl/α,β-unsaturated/α-hetero) is 1. The molecule has 0 saturated carbocycles. The lowest BCUT2D eigenvalue weighted by atomic mass is 10.2. The quantitative estimate of drug-likeness (QED) is 0.448. The summed E-state index contributed by atoms with van der Waals surface area (Å²) in [4.78, 5) is 22.6. The monoisotopic (exact) mass is 246 g/mol. The Kier molecular flexibility index (Phi) is 4.30.